The molecule has 2 aliphatic rings. The molecule has 0 unspecified atom stereocenters. The van der Waals surface area contributed by atoms with Gasteiger partial charge in [-0.2, -0.15) is 0 Å². The summed E-state index contributed by atoms with van der Waals surface area (Å²) in [6, 6.07) is 9.52. The van der Waals surface area contributed by atoms with E-state index in [0.29, 0.717) is 6.54 Å². The van der Waals surface area contributed by atoms with Gasteiger partial charge in [0, 0.05) is 18.0 Å². The number of likely N-dealkylation sites (tertiary alicyclic amines) is 1. The average molecular weight is 352 g/mol. The first kappa shape index (κ1) is 17.2. The molecule has 0 radical (unpaired) electrons. The molecule has 1 aliphatic heterocycles. The van der Waals surface area contributed by atoms with Crippen LogP contribution < -0.4 is 4.72 Å². The van der Waals surface area contributed by atoms with Crippen LogP contribution in [0.5, 0.6) is 0 Å². The fourth-order valence-electron chi connectivity index (χ4n) is 4.11. The number of carbonyl (C=O) groups is 1. The molecule has 2 atom stereocenters. The van der Waals surface area contributed by atoms with Gasteiger partial charge in [0.15, 0.2) is 0 Å². The van der Waals surface area contributed by atoms with Gasteiger partial charge in [-0.1, -0.05) is 36.8 Å². The van der Waals surface area contributed by atoms with E-state index in [4.69, 9.17) is 4.74 Å². The highest BCUT2D eigenvalue weighted by Gasteiger charge is 2.54. The van der Waals surface area contributed by atoms with Crippen LogP contribution in [-0.4, -0.2) is 44.8 Å². The highest BCUT2D eigenvalue weighted by atomic mass is 32.2. The molecule has 24 heavy (non-hydrogen) atoms. The Morgan fingerprint density at radius 2 is 2.08 bits per heavy atom. The molecule has 1 aromatic carbocycles. The van der Waals surface area contributed by atoms with Gasteiger partial charge in [0.2, 0.25) is 10.0 Å². The summed E-state index contributed by atoms with van der Waals surface area (Å²) in [7, 11) is -1.86. The number of amides is 1. The summed E-state index contributed by atoms with van der Waals surface area (Å²) in [6.07, 6.45) is 3.03. The molecule has 1 aliphatic carbocycles. The maximum absolute atomic E-state index is 12.5. The van der Waals surface area contributed by atoms with Crippen LogP contribution in [0.25, 0.3) is 0 Å². The van der Waals surface area contributed by atoms with E-state index in [2.05, 4.69) is 4.72 Å². The fourth-order valence-corrected chi connectivity index (χ4v) is 5.49. The molecule has 0 aromatic heterocycles. The van der Waals surface area contributed by atoms with Crippen molar-refractivity contribution in [2.75, 3.05) is 19.3 Å². The Morgan fingerprint density at radius 1 is 1.33 bits per heavy atom. The molecule has 1 heterocycles. The molecule has 7 heteroatoms. The van der Waals surface area contributed by atoms with E-state index in [1.54, 1.807) is 4.90 Å². The molecular weight excluding hydrogens is 328 g/mol. The number of benzene rings is 1. The predicted molar refractivity (Wildman–Crippen MR) is 90.9 cm³/mol. The van der Waals surface area contributed by atoms with Crippen LogP contribution in [0, 0.1) is 5.41 Å². The van der Waals surface area contributed by atoms with Crippen LogP contribution in [-0.2, 0) is 21.4 Å². The highest BCUT2D eigenvalue weighted by molar-refractivity contribution is 7.89. The van der Waals surface area contributed by atoms with E-state index in [1.165, 1.54) is 7.05 Å². The average Bonchev–Trinajstić information content (AvgIpc) is 3.11. The van der Waals surface area contributed by atoms with Gasteiger partial charge < -0.3 is 9.64 Å². The van der Waals surface area contributed by atoms with Gasteiger partial charge in [-0.05, 0) is 31.9 Å². The van der Waals surface area contributed by atoms with Gasteiger partial charge in [-0.3, -0.25) is 0 Å². The zero-order valence-corrected chi connectivity index (χ0v) is 14.7. The molecule has 1 saturated heterocycles. The molecule has 2 fully saturated rings. The lowest BCUT2D eigenvalue weighted by atomic mass is 9.84. The summed E-state index contributed by atoms with van der Waals surface area (Å²) < 4.78 is 31.9. The second-order valence-electron chi connectivity index (χ2n) is 6.72. The Kier molecular flexibility index (Phi) is 4.83. The van der Waals surface area contributed by atoms with Gasteiger partial charge in [0.05, 0.1) is 5.75 Å². The monoisotopic (exact) mass is 352 g/mol. The number of nitrogens with one attached hydrogen (secondary N) is 1. The van der Waals surface area contributed by atoms with E-state index in [1.807, 2.05) is 30.3 Å². The number of hydrogen-bond donors (Lipinski definition) is 1. The highest BCUT2D eigenvalue weighted by Crippen LogP contribution is 2.49. The number of ether oxygens (including phenoxy) is 1. The lowest BCUT2D eigenvalue weighted by Gasteiger charge is -2.31. The second-order valence-corrected chi connectivity index (χ2v) is 8.64. The SMILES string of the molecule is CNS(=O)(=O)C[C@]12CCC[C@H]1N(C(=O)OCc1ccccc1)CC2. The van der Waals surface area contributed by atoms with Crippen molar-refractivity contribution in [3.8, 4) is 0 Å². The van der Waals surface area contributed by atoms with Crippen LogP contribution in [0.1, 0.15) is 31.2 Å². The first-order chi connectivity index (χ1) is 11.5. The smallest absolute Gasteiger partial charge is 0.410 e. The zero-order valence-electron chi connectivity index (χ0n) is 13.9. The number of rotatable bonds is 5. The van der Waals surface area contributed by atoms with Crippen molar-refractivity contribution in [3.63, 3.8) is 0 Å². The van der Waals surface area contributed by atoms with Gasteiger partial charge in [-0.15, -0.1) is 0 Å². The minimum Gasteiger partial charge on any atom is -0.445 e. The standard InChI is InChI=1S/C17H24N2O4S/c1-18-24(21,22)13-17-9-5-8-15(17)19(11-10-17)16(20)23-12-14-6-3-2-4-7-14/h2-4,6-7,15,18H,5,8-13H2,1H3/t15-,17-/m1/s1. The third-order valence-corrected chi connectivity index (χ3v) is 6.89. The topological polar surface area (TPSA) is 75.7 Å². The molecule has 0 bridgehead atoms. The maximum Gasteiger partial charge on any atom is 0.410 e. The van der Waals surface area contributed by atoms with Crippen molar-refractivity contribution in [1.29, 1.82) is 0 Å². The van der Waals surface area contributed by atoms with Gasteiger partial charge >= 0.3 is 6.09 Å². The lowest BCUT2D eigenvalue weighted by molar-refractivity contribution is 0.0853. The van der Waals surface area contributed by atoms with Crippen LogP contribution in [0.3, 0.4) is 0 Å². The number of nitrogens with zero attached hydrogens (tertiary/aromatic N) is 1. The Morgan fingerprint density at radius 3 is 2.79 bits per heavy atom. The molecular formula is C17H24N2O4S. The molecule has 6 nitrogen and oxygen atoms in total. The predicted octanol–water partition coefficient (Wildman–Crippen LogP) is 2.12. The summed E-state index contributed by atoms with van der Waals surface area (Å²) >= 11 is 0. The molecule has 1 aromatic rings. The summed E-state index contributed by atoms with van der Waals surface area (Å²) in [5, 5.41) is 0. The van der Waals surface area contributed by atoms with E-state index in [0.717, 1.165) is 31.2 Å². The summed E-state index contributed by atoms with van der Waals surface area (Å²) in [5.74, 6) is 0.0869. The van der Waals surface area contributed by atoms with E-state index >= 15 is 0 Å². The fraction of sp³-hybridized carbons (Fsp3) is 0.588. The Hall–Kier alpha value is -1.60. The molecule has 0 spiro atoms. The van der Waals surface area contributed by atoms with Crippen LogP contribution >= 0.6 is 0 Å². The van der Waals surface area contributed by atoms with Gasteiger partial charge in [0.25, 0.3) is 0 Å². The first-order valence-electron chi connectivity index (χ1n) is 8.34. The Bertz CT molecular complexity index is 692. The number of carbonyl (C=O) groups excluding carboxylic acids is 1. The molecule has 1 amide bonds. The summed E-state index contributed by atoms with van der Waals surface area (Å²) in [6.45, 7) is 0.808. The van der Waals surface area contributed by atoms with Crippen LogP contribution in [0.2, 0.25) is 0 Å². The molecule has 132 valence electrons. The third kappa shape index (κ3) is 3.42. The van der Waals surface area contributed by atoms with E-state index in [-0.39, 0.29) is 29.9 Å². The maximum atomic E-state index is 12.5. The third-order valence-electron chi connectivity index (χ3n) is 5.31. The van der Waals surface area contributed by atoms with E-state index in [9.17, 15) is 13.2 Å². The van der Waals surface area contributed by atoms with Crippen molar-refractivity contribution in [1.82, 2.24) is 9.62 Å². The van der Waals surface area contributed by atoms with Crippen molar-refractivity contribution < 1.29 is 17.9 Å². The molecule has 1 N–H and O–H groups in total. The molecule has 1 saturated carbocycles. The number of hydrogen-bond acceptors (Lipinski definition) is 4. The molecule has 3 rings (SSSR count). The largest absolute Gasteiger partial charge is 0.445 e. The first-order valence-corrected chi connectivity index (χ1v) is 10.00. The van der Waals surface area contributed by atoms with Gasteiger partial charge in [0.1, 0.15) is 6.61 Å². The van der Waals surface area contributed by atoms with Crippen molar-refractivity contribution in [3.05, 3.63) is 35.9 Å². The second kappa shape index (κ2) is 6.72. The minimum atomic E-state index is -3.30. The van der Waals surface area contributed by atoms with Crippen LogP contribution in [0.4, 0.5) is 4.79 Å². The lowest BCUT2D eigenvalue weighted by Crippen LogP contribution is -2.44. The number of fused-ring (bicyclic) bond motifs is 1. The summed E-state index contributed by atoms with van der Waals surface area (Å²) in [4.78, 5) is 14.2. The van der Waals surface area contributed by atoms with Crippen molar-refractivity contribution in [2.24, 2.45) is 5.41 Å². The zero-order chi connectivity index (χ0) is 17.2. The van der Waals surface area contributed by atoms with Crippen LogP contribution in [0.15, 0.2) is 30.3 Å². The van der Waals surface area contributed by atoms with Crippen molar-refractivity contribution >= 4 is 16.1 Å². The van der Waals surface area contributed by atoms with Crippen molar-refractivity contribution in [2.45, 2.75) is 38.3 Å². The van der Waals surface area contributed by atoms with Gasteiger partial charge in [-0.25, -0.2) is 17.9 Å². The normalized spacial score (nSPS) is 26.4. The number of sulfonamides is 1. The summed E-state index contributed by atoms with van der Waals surface area (Å²) in [5.41, 5.74) is 0.619. The Balaban J connectivity index is 1.66. The quantitative estimate of drug-likeness (QED) is 0.881. The Labute approximate surface area is 143 Å². The minimum absolute atomic E-state index is 0.0381. The van der Waals surface area contributed by atoms with E-state index < -0.39 is 10.0 Å².